The number of nitrogens with one attached hydrogen (secondary N) is 1. The zero-order valence-electron chi connectivity index (χ0n) is 11.8. The molecule has 1 heterocycles. The number of anilines is 1. The number of hydrogen-bond donors (Lipinski definition) is 1. The van der Waals surface area contributed by atoms with Crippen LogP contribution in [-0.4, -0.2) is 17.0 Å². The molecule has 100 valence electrons. The van der Waals surface area contributed by atoms with Crippen LogP contribution in [0.25, 0.3) is 0 Å². The molecule has 1 N–H and O–H groups in total. The monoisotopic (exact) mass is 273 g/mol. The van der Waals surface area contributed by atoms with Gasteiger partial charge >= 0.3 is 0 Å². The topological polar surface area (TPSA) is 37.8 Å². The standard InChI is InChI=1S/C15H19N3S/c1-5-13-14(16-4)17-9-18-15(13)19-12-7-6-10(2)11(3)8-12/h6-9H,5H2,1-4H3,(H,16,17,18). The van der Waals surface area contributed by atoms with Crippen LogP contribution in [0.5, 0.6) is 0 Å². The van der Waals surface area contributed by atoms with Crippen LogP contribution in [0.2, 0.25) is 0 Å². The highest BCUT2D eigenvalue weighted by Crippen LogP contribution is 2.32. The zero-order valence-corrected chi connectivity index (χ0v) is 12.6. The molecule has 0 saturated heterocycles. The molecule has 0 atom stereocenters. The van der Waals surface area contributed by atoms with Crippen molar-refractivity contribution < 1.29 is 0 Å². The largest absolute Gasteiger partial charge is 0.373 e. The highest BCUT2D eigenvalue weighted by molar-refractivity contribution is 7.99. The molecular formula is C15H19N3S. The first-order valence-corrected chi connectivity index (χ1v) is 7.24. The molecule has 0 spiro atoms. The number of rotatable bonds is 4. The van der Waals surface area contributed by atoms with E-state index in [0.717, 1.165) is 17.3 Å². The first-order valence-electron chi connectivity index (χ1n) is 6.42. The van der Waals surface area contributed by atoms with Crippen molar-refractivity contribution in [1.29, 1.82) is 0 Å². The summed E-state index contributed by atoms with van der Waals surface area (Å²) >= 11 is 1.70. The lowest BCUT2D eigenvalue weighted by molar-refractivity contribution is 0.946. The molecule has 0 fully saturated rings. The summed E-state index contributed by atoms with van der Waals surface area (Å²) in [5.41, 5.74) is 3.80. The predicted octanol–water partition coefficient (Wildman–Crippen LogP) is 3.85. The first-order chi connectivity index (χ1) is 9.15. The molecule has 0 bridgehead atoms. The van der Waals surface area contributed by atoms with Crippen molar-refractivity contribution in [2.75, 3.05) is 12.4 Å². The van der Waals surface area contributed by atoms with E-state index >= 15 is 0 Å². The van der Waals surface area contributed by atoms with Gasteiger partial charge in [-0.1, -0.05) is 24.8 Å². The van der Waals surface area contributed by atoms with Crippen molar-refractivity contribution in [3.8, 4) is 0 Å². The van der Waals surface area contributed by atoms with E-state index in [1.54, 1.807) is 18.1 Å². The SMILES string of the molecule is CCc1c(NC)ncnc1Sc1ccc(C)c(C)c1. The Morgan fingerprint density at radius 3 is 2.58 bits per heavy atom. The average Bonchev–Trinajstić information content (AvgIpc) is 2.42. The minimum Gasteiger partial charge on any atom is -0.373 e. The molecular weight excluding hydrogens is 254 g/mol. The van der Waals surface area contributed by atoms with Gasteiger partial charge in [0.2, 0.25) is 0 Å². The first kappa shape index (κ1) is 13.9. The smallest absolute Gasteiger partial charge is 0.133 e. The summed E-state index contributed by atoms with van der Waals surface area (Å²) in [6.07, 6.45) is 2.54. The van der Waals surface area contributed by atoms with Crippen molar-refractivity contribution in [2.45, 2.75) is 37.1 Å². The Kier molecular flexibility index (Phi) is 4.43. The molecule has 1 aromatic heterocycles. The van der Waals surface area contributed by atoms with Crippen molar-refractivity contribution in [3.05, 3.63) is 41.2 Å². The third-order valence-corrected chi connectivity index (χ3v) is 4.22. The molecule has 19 heavy (non-hydrogen) atoms. The Labute approximate surface area is 118 Å². The maximum Gasteiger partial charge on any atom is 0.133 e. The summed E-state index contributed by atoms with van der Waals surface area (Å²) in [6, 6.07) is 6.51. The van der Waals surface area contributed by atoms with Crippen LogP contribution in [0.3, 0.4) is 0 Å². The van der Waals surface area contributed by atoms with Gasteiger partial charge in [0.15, 0.2) is 0 Å². The lowest BCUT2D eigenvalue weighted by Crippen LogP contribution is -2.01. The van der Waals surface area contributed by atoms with Gasteiger partial charge in [-0.15, -0.1) is 0 Å². The van der Waals surface area contributed by atoms with E-state index in [1.165, 1.54) is 21.6 Å². The van der Waals surface area contributed by atoms with Crippen molar-refractivity contribution in [3.63, 3.8) is 0 Å². The Balaban J connectivity index is 2.35. The average molecular weight is 273 g/mol. The molecule has 2 rings (SSSR count). The van der Waals surface area contributed by atoms with E-state index in [-0.39, 0.29) is 0 Å². The number of benzene rings is 1. The molecule has 0 amide bonds. The number of aryl methyl sites for hydroxylation is 2. The maximum atomic E-state index is 4.42. The third kappa shape index (κ3) is 3.07. The Bertz CT molecular complexity index is 582. The van der Waals surface area contributed by atoms with E-state index < -0.39 is 0 Å². The van der Waals surface area contributed by atoms with Gasteiger partial charge < -0.3 is 5.32 Å². The molecule has 0 saturated carbocycles. The minimum atomic E-state index is 0.920. The lowest BCUT2D eigenvalue weighted by atomic mass is 10.1. The molecule has 4 heteroatoms. The van der Waals surface area contributed by atoms with E-state index in [9.17, 15) is 0 Å². The molecule has 0 aliphatic heterocycles. The van der Waals surface area contributed by atoms with E-state index in [4.69, 9.17) is 0 Å². The van der Waals surface area contributed by atoms with Crippen molar-refractivity contribution in [2.24, 2.45) is 0 Å². The van der Waals surface area contributed by atoms with Crippen LogP contribution in [0.1, 0.15) is 23.6 Å². The second-order valence-electron chi connectivity index (χ2n) is 4.46. The normalized spacial score (nSPS) is 10.5. The number of nitrogens with zero attached hydrogens (tertiary/aromatic N) is 2. The summed E-state index contributed by atoms with van der Waals surface area (Å²) in [6.45, 7) is 6.40. The zero-order chi connectivity index (χ0) is 13.8. The highest BCUT2D eigenvalue weighted by atomic mass is 32.2. The summed E-state index contributed by atoms with van der Waals surface area (Å²) < 4.78 is 0. The van der Waals surface area contributed by atoms with Gasteiger partial charge in [0.25, 0.3) is 0 Å². The van der Waals surface area contributed by atoms with Gasteiger partial charge in [-0.05, 0) is 43.5 Å². The highest BCUT2D eigenvalue weighted by Gasteiger charge is 2.10. The summed E-state index contributed by atoms with van der Waals surface area (Å²) in [5, 5.41) is 4.16. The van der Waals surface area contributed by atoms with E-state index in [1.807, 2.05) is 7.05 Å². The second-order valence-corrected chi connectivity index (χ2v) is 5.52. The molecule has 2 aromatic rings. The Hall–Kier alpha value is -1.55. The Morgan fingerprint density at radius 1 is 1.16 bits per heavy atom. The molecule has 1 aromatic carbocycles. The molecule has 0 aliphatic carbocycles. The van der Waals surface area contributed by atoms with Crippen LogP contribution in [0, 0.1) is 13.8 Å². The number of aromatic nitrogens is 2. The van der Waals surface area contributed by atoms with Crippen LogP contribution >= 0.6 is 11.8 Å². The van der Waals surface area contributed by atoms with Gasteiger partial charge in [0.1, 0.15) is 17.2 Å². The molecule has 0 radical (unpaired) electrons. The fourth-order valence-electron chi connectivity index (χ4n) is 1.91. The summed E-state index contributed by atoms with van der Waals surface area (Å²) in [5.74, 6) is 0.920. The fraction of sp³-hybridized carbons (Fsp3) is 0.333. The second kappa shape index (κ2) is 6.06. The minimum absolute atomic E-state index is 0.920. The number of hydrogen-bond acceptors (Lipinski definition) is 4. The predicted molar refractivity (Wildman–Crippen MR) is 81.0 cm³/mol. The Morgan fingerprint density at radius 2 is 1.95 bits per heavy atom. The quantitative estimate of drug-likeness (QED) is 0.859. The lowest BCUT2D eigenvalue weighted by Gasteiger charge is -2.11. The van der Waals surface area contributed by atoms with Crippen LogP contribution < -0.4 is 5.32 Å². The van der Waals surface area contributed by atoms with Crippen molar-refractivity contribution in [1.82, 2.24) is 9.97 Å². The van der Waals surface area contributed by atoms with Crippen molar-refractivity contribution >= 4 is 17.6 Å². The fourth-order valence-corrected chi connectivity index (χ4v) is 2.97. The summed E-state index contributed by atoms with van der Waals surface area (Å²) in [7, 11) is 1.89. The van der Waals surface area contributed by atoms with Crippen LogP contribution in [0.4, 0.5) is 5.82 Å². The van der Waals surface area contributed by atoms with E-state index in [2.05, 4.69) is 54.3 Å². The van der Waals surface area contributed by atoms with Gasteiger partial charge in [0.05, 0.1) is 0 Å². The molecule has 3 nitrogen and oxygen atoms in total. The third-order valence-electron chi connectivity index (χ3n) is 3.19. The maximum absolute atomic E-state index is 4.42. The van der Waals surface area contributed by atoms with Crippen LogP contribution in [-0.2, 0) is 6.42 Å². The van der Waals surface area contributed by atoms with Gasteiger partial charge in [-0.25, -0.2) is 9.97 Å². The molecule has 0 aliphatic rings. The van der Waals surface area contributed by atoms with Gasteiger partial charge in [-0.2, -0.15) is 0 Å². The van der Waals surface area contributed by atoms with E-state index in [0.29, 0.717) is 0 Å². The van der Waals surface area contributed by atoms with Gasteiger partial charge in [0, 0.05) is 17.5 Å². The summed E-state index contributed by atoms with van der Waals surface area (Å²) in [4.78, 5) is 9.90. The van der Waals surface area contributed by atoms with Gasteiger partial charge in [-0.3, -0.25) is 0 Å². The van der Waals surface area contributed by atoms with Crippen LogP contribution in [0.15, 0.2) is 34.4 Å². The molecule has 0 unspecified atom stereocenters.